The smallest absolute Gasteiger partial charge is 0.310 e. The molecule has 0 saturated heterocycles. The second-order valence-corrected chi connectivity index (χ2v) is 14.8. The van der Waals surface area contributed by atoms with E-state index in [9.17, 15) is 13.2 Å². The van der Waals surface area contributed by atoms with Crippen molar-refractivity contribution in [1.29, 1.82) is 0 Å². The molecule has 49 heavy (non-hydrogen) atoms. The molecule has 2 aliphatic carbocycles. The Labute approximate surface area is 286 Å². The zero-order valence-corrected chi connectivity index (χ0v) is 28.6. The van der Waals surface area contributed by atoms with Gasteiger partial charge in [-0.2, -0.15) is 13.2 Å². The Bertz CT molecular complexity index is 2270. The molecular formula is C45H38F3N. The summed E-state index contributed by atoms with van der Waals surface area (Å²) >= 11 is 0. The summed E-state index contributed by atoms with van der Waals surface area (Å²) in [5.74, 6) is 0. The Hall–Kier alpha value is -5.09. The number of benzene rings is 6. The number of nitrogens with zero attached hydrogens (tertiary/aromatic N) is 1. The quantitative estimate of drug-likeness (QED) is 0.184. The van der Waals surface area contributed by atoms with Gasteiger partial charge in [0.1, 0.15) is 0 Å². The Kier molecular flexibility index (Phi) is 6.81. The molecule has 2 aliphatic rings. The normalized spacial score (nSPS) is 15.0. The fourth-order valence-corrected chi connectivity index (χ4v) is 8.02. The highest BCUT2D eigenvalue weighted by Gasteiger charge is 2.41. The van der Waals surface area contributed by atoms with Crippen molar-refractivity contribution in [2.75, 3.05) is 4.90 Å². The number of hydrogen-bond acceptors (Lipinski definition) is 1. The lowest BCUT2D eigenvalue weighted by Gasteiger charge is -2.26. The van der Waals surface area contributed by atoms with E-state index in [0.29, 0.717) is 5.69 Å². The van der Waals surface area contributed by atoms with E-state index in [2.05, 4.69) is 95.3 Å². The van der Waals surface area contributed by atoms with Crippen molar-refractivity contribution in [3.05, 3.63) is 160 Å². The minimum Gasteiger partial charge on any atom is -0.310 e. The Morgan fingerprint density at radius 3 is 1.53 bits per heavy atom. The molecule has 0 saturated carbocycles. The summed E-state index contributed by atoms with van der Waals surface area (Å²) in [5.41, 5.74) is 16.4. The molecule has 4 heteroatoms. The minimum atomic E-state index is -4.43. The van der Waals surface area contributed by atoms with E-state index < -0.39 is 11.7 Å². The van der Waals surface area contributed by atoms with Gasteiger partial charge in [0, 0.05) is 27.9 Å². The van der Waals surface area contributed by atoms with Gasteiger partial charge in [0.15, 0.2) is 0 Å². The largest absolute Gasteiger partial charge is 0.416 e. The van der Waals surface area contributed by atoms with Crippen molar-refractivity contribution in [3.8, 4) is 33.4 Å². The topological polar surface area (TPSA) is 3.24 Å². The highest BCUT2D eigenvalue weighted by molar-refractivity contribution is 5.91. The number of alkyl halides is 3. The van der Waals surface area contributed by atoms with Crippen LogP contribution in [-0.2, 0) is 17.0 Å². The SMILES string of the molecule is Cc1ccc(N(c2ccc(-c3ccc4c(c3)C(C)(C)c3cc5c(cc3-4)C(C)(C)c3cc(C)ccc3-5)cc2)c2cccc(C(F)(F)F)c2)cc1. The molecule has 0 N–H and O–H groups in total. The van der Waals surface area contributed by atoms with Gasteiger partial charge in [0.25, 0.3) is 0 Å². The van der Waals surface area contributed by atoms with Gasteiger partial charge < -0.3 is 4.90 Å². The molecule has 8 rings (SSSR count). The van der Waals surface area contributed by atoms with E-state index in [-0.39, 0.29) is 10.8 Å². The molecule has 244 valence electrons. The highest BCUT2D eigenvalue weighted by atomic mass is 19.4. The van der Waals surface area contributed by atoms with Crippen LogP contribution in [-0.4, -0.2) is 0 Å². The first-order chi connectivity index (χ1) is 23.2. The summed E-state index contributed by atoms with van der Waals surface area (Å²) < 4.78 is 41.1. The van der Waals surface area contributed by atoms with E-state index in [1.807, 2.05) is 48.2 Å². The predicted molar refractivity (Wildman–Crippen MR) is 196 cm³/mol. The molecule has 0 bridgehead atoms. The molecule has 0 amide bonds. The summed E-state index contributed by atoms with van der Waals surface area (Å²) in [6, 6.07) is 40.0. The first kappa shape index (κ1) is 31.2. The second kappa shape index (κ2) is 10.7. The molecule has 0 heterocycles. The molecule has 0 radical (unpaired) electrons. The summed E-state index contributed by atoms with van der Waals surface area (Å²) in [6.45, 7) is 13.5. The molecule has 0 atom stereocenters. The highest BCUT2D eigenvalue weighted by Crippen LogP contribution is 2.56. The van der Waals surface area contributed by atoms with E-state index in [0.717, 1.165) is 34.1 Å². The molecule has 0 spiro atoms. The van der Waals surface area contributed by atoms with Crippen LogP contribution in [0.3, 0.4) is 0 Å². The number of rotatable bonds is 4. The van der Waals surface area contributed by atoms with Gasteiger partial charge in [-0.15, -0.1) is 0 Å². The van der Waals surface area contributed by atoms with Crippen molar-refractivity contribution in [2.45, 2.75) is 58.5 Å². The third-order valence-corrected chi connectivity index (χ3v) is 10.8. The molecular weight excluding hydrogens is 611 g/mol. The van der Waals surface area contributed by atoms with Crippen LogP contribution in [0.2, 0.25) is 0 Å². The molecule has 0 aromatic heterocycles. The van der Waals surface area contributed by atoms with Crippen molar-refractivity contribution < 1.29 is 13.2 Å². The van der Waals surface area contributed by atoms with E-state index in [1.165, 1.54) is 62.2 Å². The van der Waals surface area contributed by atoms with Gasteiger partial charge in [0.2, 0.25) is 0 Å². The summed E-state index contributed by atoms with van der Waals surface area (Å²) in [6.07, 6.45) is -4.43. The predicted octanol–water partition coefficient (Wildman–Crippen LogP) is 13.1. The Morgan fingerprint density at radius 2 is 0.939 bits per heavy atom. The third-order valence-electron chi connectivity index (χ3n) is 10.8. The van der Waals surface area contributed by atoms with Crippen molar-refractivity contribution >= 4 is 17.1 Å². The van der Waals surface area contributed by atoms with Crippen LogP contribution in [0.15, 0.2) is 121 Å². The summed E-state index contributed by atoms with van der Waals surface area (Å²) in [7, 11) is 0. The van der Waals surface area contributed by atoms with Crippen LogP contribution >= 0.6 is 0 Å². The van der Waals surface area contributed by atoms with Gasteiger partial charge in [-0.1, -0.05) is 99.5 Å². The molecule has 0 fully saturated rings. The zero-order chi connectivity index (χ0) is 34.5. The van der Waals surface area contributed by atoms with E-state index in [4.69, 9.17) is 0 Å². The van der Waals surface area contributed by atoms with Crippen LogP contribution in [0, 0.1) is 13.8 Å². The van der Waals surface area contributed by atoms with Gasteiger partial charge >= 0.3 is 6.18 Å². The fraction of sp³-hybridized carbons (Fsp3) is 0.200. The summed E-state index contributed by atoms with van der Waals surface area (Å²) in [4.78, 5) is 1.88. The van der Waals surface area contributed by atoms with Crippen LogP contribution in [0.1, 0.15) is 66.6 Å². The number of anilines is 3. The Morgan fingerprint density at radius 1 is 0.449 bits per heavy atom. The van der Waals surface area contributed by atoms with Crippen LogP contribution in [0.25, 0.3) is 33.4 Å². The number of aryl methyl sites for hydroxylation is 2. The minimum absolute atomic E-state index is 0.0686. The lowest BCUT2D eigenvalue weighted by molar-refractivity contribution is -0.137. The zero-order valence-electron chi connectivity index (χ0n) is 28.6. The van der Waals surface area contributed by atoms with Crippen LogP contribution in [0.5, 0.6) is 0 Å². The average molecular weight is 650 g/mol. The summed E-state index contributed by atoms with van der Waals surface area (Å²) in [5, 5.41) is 0. The van der Waals surface area contributed by atoms with Crippen molar-refractivity contribution in [2.24, 2.45) is 0 Å². The molecule has 1 nitrogen and oxygen atoms in total. The van der Waals surface area contributed by atoms with Crippen LogP contribution in [0.4, 0.5) is 30.2 Å². The van der Waals surface area contributed by atoms with Gasteiger partial charge in [-0.05, 0) is 130 Å². The monoisotopic (exact) mass is 649 g/mol. The van der Waals surface area contributed by atoms with E-state index >= 15 is 0 Å². The maximum Gasteiger partial charge on any atom is 0.416 e. The molecule has 6 aromatic rings. The first-order valence-electron chi connectivity index (χ1n) is 16.8. The number of hydrogen-bond donors (Lipinski definition) is 0. The second-order valence-electron chi connectivity index (χ2n) is 14.8. The maximum atomic E-state index is 13.7. The van der Waals surface area contributed by atoms with Gasteiger partial charge in [0.05, 0.1) is 5.56 Å². The van der Waals surface area contributed by atoms with Gasteiger partial charge in [-0.25, -0.2) is 0 Å². The van der Waals surface area contributed by atoms with Crippen molar-refractivity contribution in [3.63, 3.8) is 0 Å². The average Bonchev–Trinajstić information content (AvgIpc) is 3.43. The fourth-order valence-electron chi connectivity index (χ4n) is 8.02. The van der Waals surface area contributed by atoms with E-state index in [1.54, 1.807) is 6.07 Å². The van der Waals surface area contributed by atoms with Crippen molar-refractivity contribution in [1.82, 2.24) is 0 Å². The van der Waals surface area contributed by atoms with Gasteiger partial charge in [-0.3, -0.25) is 0 Å². The standard InChI is InChI=1S/C45H38F3N/c1-27-10-16-32(17-11-27)49(34-9-7-8-31(24-34)45(46,47)48)33-18-13-29(14-19-33)30-15-21-36-38-26-41-37(25-42(38)44(5,6)40(36)23-30)35-20-12-28(2)22-39(35)43(41,3)4/h7-26H,1-6H3. The molecule has 0 unspecified atom stereocenters. The first-order valence-corrected chi connectivity index (χ1v) is 16.8. The number of fused-ring (bicyclic) bond motifs is 6. The van der Waals surface area contributed by atoms with Crippen LogP contribution < -0.4 is 4.90 Å². The number of halogens is 3. The maximum absolute atomic E-state index is 13.7. The molecule has 0 aliphatic heterocycles. The Balaban J connectivity index is 1.17. The lowest BCUT2D eigenvalue weighted by Crippen LogP contribution is -2.17. The third kappa shape index (κ3) is 4.91. The lowest BCUT2D eigenvalue weighted by atomic mass is 9.79. The molecule has 6 aromatic carbocycles.